The summed E-state index contributed by atoms with van der Waals surface area (Å²) in [6.07, 6.45) is 5.21. The van der Waals surface area contributed by atoms with Gasteiger partial charge >= 0.3 is 0 Å². The minimum Gasteiger partial charge on any atom is -0.355 e. The van der Waals surface area contributed by atoms with Crippen molar-refractivity contribution in [2.75, 3.05) is 6.54 Å². The summed E-state index contributed by atoms with van der Waals surface area (Å²) in [7, 11) is 1.90. The van der Waals surface area contributed by atoms with E-state index in [4.69, 9.17) is 5.73 Å². The first kappa shape index (κ1) is 15.6. The first-order valence-electron chi connectivity index (χ1n) is 6.87. The number of nitrogens with two attached hydrogens (primary N) is 1. The van der Waals surface area contributed by atoms with Crippen molar-refractivity contribution in [3.63, 3.8) is 0 Å². The van der Waals surface area contributed by atoms with Gasteiger partial charge in [0.25, 0.3) is 0 Å². The number of nitrogens with one attached hydrogen (secondary N) is 1. The number of carbonyl (C=O) groups excluding carboxylic acids is 1. The number of hydrogen-bond donors (Lipinski definition) is 2. The normalized spacial score (nSPS) is 14.1. The van der Waals surface area contributed by atoms with Gasteiger partial charge in [-0.05, 0) is 19.8 Å². The molecule has 0 aromatic carbocycles. The molecule has 3 N–H and O–H groups in total. The SMILES string of the molecule is CC(N)CCCC(C)C(=O)NCCc1nncn1C. The average molecular weight is 267 g/mol. The zero-order chi connectivity index (χ0) is 14.3. The Morgan fingerprint density at radius 1 is 1.47 bits per heavy atom. The minimum absolute atomic E-state index is 0.0400. The number of nitrogens with zero attached hydrogens (tertiary/aromatic N) is 3. The van der Waals surface area contributed by atoms with Gasteiger partial charge in [-0.15, -0.1) is 10.2 Å². The van der Waals surface area contributed by atoms with Crippen molar-refractivity contribution in [1.82, 2.24) is 20.1 Å². The largest absolute Gasteiger partial charge is 0.355 e. The molecule has 0 radical (unpaired) electrons. The van der Waals surface area contributed by atoms with Gasteiger partial charge in [0.1, 0.15) is 12.2 Å². The lowest BCUT2D eigenvalue weighted by Gasteiger charge is -2.12. The maximum Gasteiger partial charge on any atom is 0.222 e. The first-order valence-corrected chi connectivity index (χ1v) is 6.87. The van der Waals surface area contributed by atoms with Crippen LogP contribution >= 0.6 is 0 Å². The molecular weight excluding hydrogens is 242 g/mol. The maximum absolute atomic E-state index is 11.8. The van der Waals surface area contributed by atoms with Crippen LogP contribution in [0.2, 0.25) is 0 Å². The highest BCUT2D eigenvalue weighted by molar-refractivity contribution is 5.78. The monoisotopic (exact) mass is 267 g/mol. The molecule has 108 valence electrons. The molecule has 0 fully saturated rings. The van der Waals surface area contributed by atoms with E-state index >= 15 is 0 Å². The van der Waals surface area contributed by atoms with Gasteiger partial charge in [0.05, 0.1) is 0 Å². The molecule has 0 saturated heterocycles. The fraction of sp³-hybridized carbons (Fsp3) is 0.769. The molecule has 1 aromatic heterocycles. The maximum atomic E-state index is 11.8. The third-order valence-corrected chi connectivity index (χ3v) is 3.20. The Balaban J connectivity index is 2.18. The van der Waals surface area contributed by atoms with E-state index in [0.29, 0.717) is 13.0 Å². The second-order valence-electron chi connectivity index (χ2n) is 5.21. The molecule has 1 heterocycles. The Hall–Kier alpha value is -1.43. The van der Waals surface area contributed by atoms with Crippen LogP contribution in [0.4, 0.5) is 0 Å². The molecule has 0 aliphatic heterocycles. The summed E-state index contributed by atoms with van der Waals surface area (Å²) >= 11 is 0. The fourth-order valence-corrected chi connectivity index (χ4v) is 1.88. The van der Waals surface area contributed by atoms with Crippen LogP contribution in [0.3, 0.4) is 0 Å². The highest BCUT2D eigenvalue weighted by Crippen LogP contribution is 2.09. The second kappa shape index (κ2) is 7.89. The second-order valence-corrected chi connectivity index (χ2v) is 5.21. The van der Waals surface area contributed by atoms with Crippen molar-refractivity contribution in [2.45, 2.75) is 45.6 Å². The van der Waals surface area contributed by atoms with Crippen molar-refractivity contribution < 1.29 is 4.79 Å². The number of hydrogen-bond acceptors (Lipinski definition) is 4. The zero-order valence-corrected chi connectivity index (χ0v) is 12.1. The van der Waals surface area contributed by atoms with Crippen LogP contribution in [0.15, 0.2) is 6.33 Å². The van der Waals surface area contributed by atoms with E-state index in [9.17, 15) is 4.79 Å². The Kier molecular flexibility index (Phi) is 6.49. The van der Waals surface area contributed by atoms with Gasteiger partial charge in [0, 0.05) is 32.0 Å². The van der Waals surface area contributed by atoms with Gasteiger partial charge < -0.3 is 15.6 Å². The van der Waals surface area contributed by atoms with E-state index < -0.39 is 0 Å². The first-order chi connectivity index (χ1) is 9.00. The lowest BCUT2D eigenvalue weighted by atomic mass is 10.0. The molecule has 1 rings (SSSR count). The van der Waals surface area contributed by atoms with Gasteiger partial charge in [0.2, 0.25) is 5.91 Å². The van der Waals surface area contributed by atoms with Crippen LogP contribution in [0.25, 0.3) is 0 Å². The van der Waals surface area contributed by atoms with E-state index in [0.717, 1.165) is 25.1 Å². The lowest BCUT2D eigenvalue weighted by Crippen LogP contribution is -2.31. The number of carbonyl (C=O) groups is 1. The van der Waals surface area contributed by atoms with Gasteiger partial charge in [0.15, 0.2) is 0 Å². The van der Waals surface area contributed by atoms with Gasteiger partial charge in [-0.1, -0.05) is 13.3 Å². The summed E-state index contributed by atoms with van der Waals surface area (Å²) in [6.45, 7) is 4.55. The van der Waals surface area contributed by atoms with E-state index in [1.54, 1.807) is 6.33 Å². The van der Waals surface area contributed by atoms with Gasteiger partial charge in [-0.25, -0.2) is 0 Å². The summed E-state index contributed by atoms with van der Waals surface area (Å²) in [5.41, 5.74) is 5.69. The Bertz CT molecular complexity index is 388. The minimum atomic E-state index is 0.0400. The molecule has 0 bridgehead atoms. The highest BCUT2D eigenvalue weighted by atomic mass is 16.1. The number of amides is 1. The van der Waals surface area contributed by atoms with Crippen molar-refractivity contribution in [3.05, 3.63) is 12.2 Å². The number of aryl methyl sites for hydroxylation is 1. The summed E-state index contributed by atoms with van der Waals surface area (Å²) in [4.78, 5) is 11.8. The fourth-order valence-electron chi connectivity index (χ4n) is 1.88. The van der Waals surface area contributed by atoms with Crippen LogP contribution in [0.5, 0.6) is 0 Å². The summed E-state index contributed by atoms with van der Waals surface area (Å²) in [5.74, 6) is 1.02. The third kappa shape index (κ3) is 5.83. The predicted octanol–water partition coefficient (Wildman–Crippen LogP) is 0.627. The van der Waals surface area contributed by atoms with Crippen molar-refractivity contribution in [1.29, 1.82) is 0 Å². The number of rotatable bonds is 8. The summed E-state index contributed by atoms with van der Waals surface area (Å²) in [5, 5.41) is 10.7. The molecule has 0 spiro atoms. The molecular formula is C13H25N5O. The van der Waals surface area contributed by atoms with E-state index in [-0.39, 0.29) is 17.9 Å². The molecule has 2 atom stereocenters. The topological polar surface area (TPSA) is 85.8 Å². The van der Waals surface area contributed by atoms with Gasteiger partial charge in [-0.2, -0.15) is 0 Å². The van der Waals surface area contributed by atoms with Crippen LogP contribution < -0.4 is 11.1 Å². The Morgan fingerprint density at radius 3 is 2.79 bits per heavy atom. The Morgan fingerprint density at radius 2 is 2.21 bits per heavy atom. The van der Waals surface area contributed by atoms with Crippen molar-refractivity contribution in [3.8, 4) is 0 Å². The molecule has 1 amide bonds. The lowest BCUT2D eigenvalue weighted by molar-refractivity contribution is -0.124. The van der Waals surface area contributed by atoms with Crippen molar-refractivity contribution in [2.24, 2.45) is 18.7 Å². The molecule has 1 aromatic rings. The molecule has 0 saturated carbocycles. The van der Waals surface area contributed by atoms with Crippen LogP contribution in [0, 0.1) is 5.92 Å². The molecule has 2 unspecified atom stereocenters. The predicted molar refractivity (Wildman–Crippen MR) is 74.4 cm³/mol. The van der Waals surface area contributed by atoms with E-state index in [2.05, 4.69) is 15.5 Å². The van der Waals surface area contributed by atoms with E-state index in [1.807, 2.05) is 25.5 Å². The molecule has 6 heteroatoms. The zero-order valence-electron chi connectivity index (χ0n) is 12.1. The van der Waals surface area contributed by atoms with E-state index in [1.165, 1.54) is 0 Å². The molecule has 19 heavy (non-hydrogen) atoms. The van der Waals surface area contributed by atoms with Crippen LogP contribution in [-0.2, 0) is 18.3 Å². The average Bonchev–Trinajstić information content (AvgIpc) is 2.74. The van der Waals surface area contributed by atoms with Crippen molar-refractivity contribution >= 4 is 5.91 Å². The quantitative estimate of drug-likeness (QED) is 0.723. The standard InChI is InChI=1S/C13H25N5O/c1-10(5-4-6-11(2)14)13(19)15-8-7-12-17-16-9-18(12)3/h9-11H,4-8,14H2,1-3H3,(H,15,19). The van der Waals surface area contributed by atoms with Crippen LogP contribution in [-0.4, -0.2) is 33.3 Å². The number of aromatic nitrogens is 3. The van der Waals surface area contributed by atoms with Gasteiger partial charge in [-0.3, -0.25) is 4.79 Å². The molecule has 6 nitrogen and oxygen atoms in total. The molecule has 0 aliphatic carbocycles. The highest BCUT2D eigenvalue weighted by Gasteiger charge is 2.12. The van der Waals surface area contributed by atoms with Crippen LogP contribution in [0.1, 0.15) is 38.9 Å². The Labute approximate surface area is 114 Å². The summed E-state index contributed by atoms with van der Waals surface area (Å²) in [6, 6.07) is 0.214. The summed E-state index contributed by atoms with van der Waals surface area (Å²) < 4.78 is 1.86. The smallest absolute Gasteiger partial charge is 0.222 e. The third-order valence-electron chi connectivity index (χ3n) is 3.20. The molecule has 0 aliphatic rings.